The van der Waals surface area contributed by atoms with Gasteiger partial charge >= 0.3 is 5.97 Å². The Morgan fingerprint density at radius 3 is 2.89 bits per heavy atom. The van der Waals surface area contributed by atoms with Gasteiger partial charge in [0.25, 0.3) is 5.56 Å². The molecule has 0 aliphatic rings. The summed E-state index contributed by atoms with van der Waals surface area (Å²) in [6, 6.07) is 12.4. The Labute approximate surface area is 154 Å². The van der Waals surface area contributed by atoms with Crippen LogP contribution in [0.5, 0.6) is 0 Å². The normalized spacial score (nSPS) is 11.1. The van der Waals surface area contributed by atoms with Crippen LogP contribution in [0.2, 0.25) is 0 Å². The molecule has 3 heterocycles. The molecule has 0 saturated carbocycles. The molecule has 4 aromatic rings. The first-order valence-corrected chi connectivity index (χ1v) is 8.57. The van der Waals surface area contributed by atoms with Crippen LogP contribution < -0.4 is 5.56 Å². The van der Waals surface area contributed by atoms with Crippen LogP contribution in [0.15, 0.2) is 57.9 Å². The third-order valence-electron chi connectivity index (χ3n) is 4.12. The number of carbonyl (C=O) groups is 1. The number of hydrogen-bond acceptors (Lipinski definition) is 6. The Morgan fingerprint density at radius 2 is 2.04 bits per heavy atom. The number of aryl methyl sites for hydroxylation is 2. The Bertz CT molecular complexity index is 1160. The lowest BCUT2D eigenvalue weighted by Crippen LogP contribution is -2.17. The van der Waals surface area contributed by atoms with E-state index in [4.69, 9.17) is 9.15 Å². The van der Waals surface area contributed by atoms with Crippen molar-refractivity contribution in [3.63, 3.8) is 0 Å². The van der Waals surface area contributed by atoms with E-state index in [1.165, 1.54) is 10.5 Å². The number of benzene rings is 1. The highest BCUT2D eigenvalue weighted by atomic mass is 16.5. The SMILES string of the molecule is Cc1ccc2nc(COC(=O)CCc3nc4ccccc4o3)cc(=O)n2c1. The van der Waals surface area contributed by atoms with Gasteiger partial charge in [-0.05, 0) is 30.7 Å². The minimum atomic E-state index is -0.400. The number of aromatic nitrogens is 3. The second-order valence-electron chi connectivity index (χ2n) is 6.26. The molecule has 0 amide bonds. The predicted molar refractivity (Wildman–Crippen MR) is 98.3 cm³/mol. The molecule has 136 valence electrons. The zero-order valence-corrected chi connectivity index (χ0v) is 14.7. The molecule has 0 N–H and O–H groups in total. The highest BCUT2D eigenvalue weighted by Gasteiger charge is 2.10. The quantitative estimate of drug-likeness (QED) is 0.507. The molecule has 0 aliphatic heterocycles. The van der Waals surface area contributed by atoms with Gasteiger partial charge in [-0.15, -0.1) is 0 Å². The van der Waals surface area contributed by atoms with Gasteiger partial charge in [-0.1, -0.05) is 18.2 Å². The summed E-state index contributed by atoms with van der Waals surface area (Å²) in [5.74, 6) is 0.0914. The van der Waals surface area contributed by atoms with E-state index in [1.54, 1.807) is 12.3 Å². The lowest BCUT2D eigenvalue weighted by atomic mass is 10.3. The minimum Gasteiger partial charge on any atom is -0.459 e. The van der Waals surface area contributed by atoms with Gasteiger partial charge in [0.1, 0.15) is 17.8 Å². The van der Waals surface area contributed by atoms with Crippen molar-refractivity contribution in [3.8, 4) is 0 Å². The standard InChI is InChI=1S/C20H17N3O4/c1-13-6-7-17-21-14(10-19(24)23(17)11-13)12-26-20(25)9-8-18-22-15-4-2-3-5-16(15)27-18/h2-7,10-11H,8-9,12H2,1H3. The second-order valence-corrected chi connectivity index (χ2v) is 6.26. The van der Waals surface area contributed by atoms with E-state index in [1.807, 2.05) is 37.3 Å². The van der Waals surface area contributed by atoms with Gasteiger partial charge < -0.3 is 9.15 Å². The van der Waals surface area contributed by atoms with Crippen LogP contribution in [0.1, 0.15) is 23.6 Å². The molecule has 0 aliphatic carbocycles. The number of fused-ring (bicyclic) bond motifs is 2. The summed E-state index contributed by atoms with van der Waals surface area (Å²) < 4.78 is 12.3. The van der Waals surface area contributed by atoms with Crippen LogP contribution in [0, 0.1) is 6.92 Å². The topological polar surface area (TPSA) is 86.7 Å². The van der Waals surface area contributed by atoms with Crippen molar-refractivity contribution in [2.24, 2.45) is 0 Å². The maximum Gasteiger partial charge on any atom is 0.306 e. The Morgan fingerprint density at radius 1 is 1.19 bits per heavy atom. The molecule has 0 spiro atoms. The number of ether oxygens (including phenoxy) is 1. The monoisotopic (exact) mass is 363 g/mol. The van der Waals surface area contributed by atoms with Crippen LogP contribution in [-0.4, -0.2) is 20.3 Å². The molecule has 3 aromatic heterocycles. The van der Waals surface area contributed by atoms with E-state index >= 15 is 0 Å². The van der Waals surface area contributed by atoms with Crippen LogP contribution in [0.4, 0.5) is 0 Å². The number of oxazole rings is 1. The van der Waals surface area contributed by atoms with E-state index in [-0.39, 0.29) is 18.6 Å². The van der Waals surface area contributed by atoms with Gasteiger partial charge in [-0.25, -0.2) is 9.97 Å². The largest absolute Gasteiger partial charge is 0.459 e. The summed E-state index contributed by atoms with van der Waals surface area (Å²) in [7, 11) is 0. The molecular formula is C20H17N3O4. The van der Waals surface area contributed by atoms with Crippen molar-refractivity contribution in [2.45, 2.75) is 26.4 Å². The molecule has 1 aromatic carbocycles. The van der Waals surface area contributed by atoms with E-state index in [0.29, 0.717) is 29.2 Å². The fraction of sp³-hybridized carbons (Fsp3) is 0.200. The number of carbonyl (C=O) groups excluding carboxylic acids is 1. The Hall–Kier alpha value is -3.48. The molecule has 0 unspecified atom stereocenters. The summed E-state index contributed by atoms with van der Waals surface area (Å²) >= 11 is 0. The van der Waals surface area contributed by atoms with E-state index in [9.17, 15) is 9.59 Å². The van der Waals surface area contributed by atoms with E-state index in [2.05, 4.69) is 9.97 Å². The highest BCUT2D eigenvalue weighted by Crippen LogP contribution is 2.16. The predicted octanol–water partition coefficient (Wildman–Crippen LogP) is 2.82. The van der Waals surface area contributed by atoms with Crippen molar-refractivity contribution < 1.29 is 13.9 Å². The summed E-state index contributed by atoms with van der Waals surface area (Å²) in [6.45, 7) is 1.85. The molecule has 0 atom stereocenters. The lowest BCUT2D eigenvalue weighted by Gasteiger charge is -2.06. The van der Waals surface area contributed by atoms with Gasteiger partial charge in [0.2, 0.25) is 0 Å². The summed E-state index contributed by atoms with van der Waals surface area (Å²) in [4.78, 5) is 32.8. The van der Waals surface area contributed by atoms with Crippen molar-refractivity contribution in [3.05, 3.63) is 76.2 Å². The van der Waals surface area contributed by atoms with Gasteiger partial charge in [0.15, 0.2) is 11.5 Å². The summed E-state index contributed by atoms with van der Waals surface area (Å²) in [5, 5.41) is 0. The number of esters is 1. The van der Waals surface area contributed by atoms with E-state index in [0.717, 1.165) is 11.1 Å². The molecule has 7 heteroatoms. The molecule has 0 radical (unpaired) electrons. The first kappa shape index (κ1) is 17.0. The lowest BCUT2D eigenvalue weighted by molar-refractivity contribution is -0.145. The molecular weight excluding hydrogens is 346 g/mol. The van der Waals surface area contributed by atoms with Crippen LogP contribution >= 0.6 is 0 Å². The maximum absolute atomic E-state index is 12.2. The molecule has 7 nitrogen and oxygen atoms in total. The fourth-order valence-corrected chi connectivity index (χ4v) is 2.79. The third kappa shape index (κ3) is 3.72. The zero-order chi connectivity index (χ0) is 18.8. The van der Waals surface area contributed by atoms with Crippen molar-refractivity contribution in [1.29, 1.82) is 0 Å². The van der Waals surface area contributed by atoms with Gasteiger partial charge in [0.05, 0.1) is 12.1 Å². The van der Waals surface area contributed by atoms with Crippen LogP contribution in [0.25, 0.3) is 16.7 Å². The number of rotatable bonds is 5. The molecule has 0 fully saturated rings. The molecule has 0 saturated heterocycles. The van der Waals surface area contributed by atoms with E-state index < -0.39 is 5.97 Å². The second kappa shape index (κ2) is 7.03. The maximum atomic E-state index is 12.2. The van der Waals surface area contributed by atoms with Crippen molar-refractivity contribution >= 4 is 22.7 Å². The number of hydrogen-bond donors (Lipinski definition) is 0. The average molecular weight is 363 g/mol. The fourth-order valence-electron chi connectivity index (χ4n) is 2.79. The molecule has 27 heavy (non-hydrogen) atoms. The van der Waals surface area contributed by atoms with Crippen molar-refractivity contribution in [2.75, 3.05) is 0 Å². The van der Waals surface area contributed by atoms with Gasteiger partial charge in [-0.2, -0.15) is 0 Å². The molecule has 0 bridgehead atoms. The van der Waals surface area contributed by atoms with Crippen molar-refractivity contribution in [1.82, 2.24) is 14.4 Å². The van der Waals surface area contributed by atoms with Gasteiger partial charge in [-0.3, -0.25) is 14.0 Å². The Kier molecular flexibility index (Phi) is 4.42. The minimum absolute atomic E-state index is 0.0496. The first-order chi connectivity index (χ1) is 13.1. The average Bonchev–Trinajstić information content (AvgIpc) is 3.08. The zero-order valence-electron chi connectivity index (χ0n) is 14.7. The first-order valence-electron chi connectivity index (χ1n) is 8.57. The third-order valence-corrected chi connectivity index (χ3v) is 4.12. The Balaban J connectivity index is 1.38. The highest BCUT2D eigenvalue weighted by molar-refractivity contribution is 5.72. The summed E-state index contributed by atoms with van der Waals surface area (Å²) in [6.07, 6.45) is 2.21. The van der Waals surface area contributed by atoms with Gasteiger partial charge in [0, 0.05) is 18.7 Å². The smallest absolute Gasteiger partial charge is 0.306 e. The number of pyridine rings is 1. The van der Waals surface area contributed by atoms with Crippen LogP contribution in [-0.2, 0) is 22.6 Å². The number of nitrogens with zero attached hydrogens (tertiary/aromatic N) is 3. The van der Waals surface area contributed by atoms with Crippen LogP contribution in [0.3, 0.4) is 0 Å². The summed E-state index contributed by atoms with van der Waals surface area (Å²) in [5.41, 5.74) is 3.14. The number of para-hydroxylation sites is 2. The molecule has 4 rings (SSSR count).